The molecule has 34 heavy (non-hydrogen) atoms. The van der Waals surface area contributed by atoms with Crippen molar-refractivity contribution in [2.45, 2.75) is 56.5 Å². The van der Waals surface area contributed by atoms with Crippen LogP contribution >= 0.6 is 11.6 Å². The van der Waals surface area contributed by atoms with Crippen LogP contribution in [0.15, 0.2) is 24.3 Å². The van der Waals surface area contributed by atoms with Gasteiger partial charge in [0.1, 0.15) is 0 Å². The number of hydrogen-bond acceptors (Lipinski definition) is 5. The highest BCUT2D eigenvalue weighted by molar-refractivity contribution is 7.90. The second-order valence-corrected chi connectivity index (χ2v) is 11.1. The van der Waals surface area contributed by atoms with Crippen LogP contribution in [-0.4, -0.2) is 43.9 Å². The first-order chi connectivity index (χ1) is 16.0. The molecule has 1 saturated heterocycles. The molecule has 1 aromatic heterocycles. The number of anilines is 2. The highest BCUT2D eigenvalue weighted by atomic mass is 35.5. The van der Waals surface area contributed by atoms with Gasteiger partial charge in [-0.05, 0) is 49.4 Å². The van der Waals surface area contributed by atoms with Crippen molar-refractivity contribution in [3.8, 4) is 0 Å². The van der Waals surface area contributed by atoms with Crippen LogP contribution in [0, 0.1) is 5.92 Å². The number of amides is 1. The first-order valence-electron chi connectivity index (χ1n) is 11.3. The first kappa shape index (κ1) is 25.0. The third-order valence-electron chi connectivity index (χ3n) is 6.34. The maximum Gasteiger partial charge on any atom is 0.511 e. The number of aromatic nitrogens is 1. The Balaban J connectivity index is 1.57. The maximum absolute atomic E-state index is 12.8. The van der Waals surface area contributed by atoms with E-state index in [1.165, 1.54) is 6.42 Å². The molecule has 0 radical (unpaired) electrons. The highest BCUT2D eigenvalue weighted by Gasteiger charge is 2.47. The van der Waals surface area contributed by atoms with Crippen LogP contribution < -0.4 is 14.9 Å². The second kappa shape index (κ2) is 9.87. The van der Waals surface area contributed by atoms with E-state index in [0.717, 1.165) is 25.7 Å². The van der Waals surface area contributed by atoms with Gasteiger partial charge >= 0.3 is 15.5 Å². The number of rotatable bonds is 6. The van der Waals surface area contributed by atoms with Crippen molar-refractivity contribution in [1.29, 1.82) is 0 Å². The van der Waals surface area contributed by atoms with Gasteiger partial charge in [-0.15, -0.1) is 0 Å². The van der Waals surface area contributed by atoms with Crippen molar-refractivity contribution in [3.63, 3.8) is 0 Å². The fourth-order valence-corrected chi connectivity index (χ4v) is 5.61. The Morgan fingerprint density at radius 2 is 1.88 bits per heavy atom. The molecule has 1 saturated carbocycles. The number of alkyl halides is 3. The molecule has 2 N–H and O–H groups in total. The summed E-state index contributed by atoms with van der Waals surface area (Å²) in [5.41, 5.74) is -4.35. The zero-order valence-corrected chi connectivity index (χ0v) is 19.9. The van der Waals surface area contributed by atoms with Gasteiger partial charge in [0.25, 0.3) is 0 Å². The van der Waals surface area contributed by atoms with E-state index in [2.05, 4.69) is 10.3 Å². The predicted molar refractivity (Wildman–Crippen MR) is 125 cm³/mol. The van der Waals surface area contributed by atoms with Gasteiger partial charge in [0.05, 0.1) is 11.2 Å². The number of nitrogens with one attached hydrogen (secondary N) is 2. The molecule has 1 aliphatic heterocycles. The summed E-state index contributed by atoms with van der Waals surface area (Å²) in [5.74, 6) is 0.568. The Kier molecular flexibility index (Phi) is 7.25. The summed E-state index contributed by atoms with van der Waals surface area (Å²) in [7, 11) is -5.45. The van der Waals surface area contributed by atoms with E-state index in [1.54, 1.807) is 33.9 Å². The van der Waals surface area contributed by atoms with E-state index in [9.17, 15) is 26.4 Å². The van der Waals surface area contributed by atoms with Crippen LogP contribution in [0.5, 0.6) is 0 Å². The van der Waals surface area contributed by atoms with Gasteiger partial charge < -0.3 is 10.2 Å². The molecule has 7 nitrogen and oxygen atoms in total. The van der Waals surface area contributed by atoms with E-state index in [0.29, 0.717) is 39.8 Å². The Hall–Kier alpha value is -2.11. The predicted octanol–water partition coefficient (Wildman–Crippen LogP) is 4.82. The largest absolute Gasteiger partial charge is 0.511 e. The third-order valence-corrected chi connectivity index (χ3v) is 7.83. The molecule has 0 bridgehead atoms. The minimum Gasteiger partial charge on any atom is -0.353 e. The van der Waals surface area contributed by atoms with E-state index < -0.39 is 21.6 Å². The summed E-state index contributed by atoms with van der Waals surface area (Å²) in [4.78, 5) is 19.1. The minimum absolute atomic E-state index is 0.00704. The molecule has 1 atom stereocenters. The number of carbonyl (C=O) groups is 1. The van der Waals surface area contributed by atoms with Crippen molar-refractivity contribution in [2.24, 2.45) is 5.92 Å². The molecule has 2 heterocycles. The lowest BCUT2D eigenvalue weighted by atomic mass is 9.87. The minimum atomic E-state index is -5.45. The lowest BCUT2D eigenvalue weighted by Gasteiger charge is -2.24. The van der Waals surface area contributed by atoms with Crippen LogP contribution in [-0.2, 0) is 14.8 Å². The van der Waals surface area contributed by atoms with Gasteiger partial charge in [-0.25, -0.2) is 18.1 Å². The van der Waals surface area contributed by atoms with Gasteiger partial charge in [-0.1, -0.05) is 30.9 Å². The van der Waals surface area contributed by atoms with Crippen LogP contribution in [0.3, 0.4) is 0 Å². The number of hydrogen-bond donors (Lipinski definition) is 2. The van der Waals surface area contributed by atoms with Gasteiger partial charge in [0.15, 0.2) is 5.82 Å². The van der Waals surface area contributed by atoms with Crippen molar-refractivity contribution < 1.29 is 26.4 Å². The Morgan fingerprint density at radius 1 is 1.15 bits per heavy atom. The lowest BCUT2D eigenvalue weighted by Crippen LogP contribution is -2.44. The summed E-state index contributed by atoms with van der Waals surface area (Å²) < 4.78 is 63.1. The van der Waals surface area contributed by atoms with E-state index in [-0.39, 0.29) is 25.4 Å². The fraction of sp³-hybridized carbons (Fsp3) is 0.545. The molecule has 1 aliphatic carbocycles. The van der Waals surface area contributed by atoms with Crippen molar-refractivity contribution in [3.05, 3.63) is 29.3 Å². The van der Waals surface area contributed by atoms with Gasteiger partial charge in [-0.3, -0.25) is 4.79 Å². The lowest BCUT2D eigenvalue weighted by molar-refractivity contribution is -0.117. The number of fused-ring (bicyclic) bond motifs is 1. The molecular weight excluding hydrogens is 493 g/mol. The monoisotopic (exact) mass is 518 g/mol. The number of halogens is 4. The normalized spacial score (nSPS) is 20.1. The number of sulfonamides is 1. The number of pyridine rings is 1. The molecule has 186 valence electrons. The van der Waals surface area contributed by atoms with Gasteiger partial charge in [0.2, 0.25) is 5.91 Å². The third kappa shape index (κ3) is 5.75. The molecule has 1 aromatic carbocycles. The van der Waals surface area contributed by atoms with Crippen molar-refractivity contribution >= 4 is 49.9 Å². The standard InChI is InChI=1S/C22H26ClF3N4O3S/c23-16-6-7-18-15(11-16)12-19(27-20(31)10-14-4-2-1-3-5-14)21(28-18)30-9-8-17(13-30)29-34(32,33)22(24,25)26/h6-7,11-12,14,17,29H,1-5,8-10,13H2,(H,27,31)/t17-/m0/s1. The van der Waals surface area contributed by atoms with Crippen LogP contribution in [0.4, 0.5) is 24.7 Å². The summed E-state index contributed by atoms with van der Waals surface area (Å²) in [6.07, 6.45) is 6.00. The molecule has 1 amide bonds. The zero-order chi connectivity index (χ0) is 24.5. The van der Waals surface area contributed by atoms with Crippen LogP contribution in [0.1, 0.15) is 44.9 Å². The van der Waals surface area contributed by atoms with Crippen LogP contribution in [0.2, 0.25) is 5.02 Å². The molecule has 2 aliphatic rings. The molecule has 4 rings (SSSR count). The Bertz CT molecular complexity index is 1170. The van der Waals surface area contributed by atoms with Gasteiger partial charge in [0, 0.05) is 36.0 Å². The van der Waals surface area contributed by atoms with Gasteiger partial charge in [-0.2, -0.15) is 13.2 Å². The molecule has 0 unspecified atom stereocenters. The average molecular weight is 519 g/mol. The summed E-state index contributed by atoms with van der Waals surface area (Å²) in [5, 5.41) is 4.14. The van der Waals surface area contributed by atoms with Crippen molar-refractivity contribution in [1.82, 2.24) is 9.71 Å². The number of nitrogens with zero attached hydrogens (tertiary/aromatic N) is 2. The highest BCUT2D eigenvalue weighted by Crippen LogP contribution is 2.33. The second-order valence-electron chi connectivity index (χ2n) is 8.95. The SMILES string of the molecule is O=C(CC1CCCCC1)Nc1cc2cc(Cl)ccc2nc1N1CC[C@H](NS(=O)(=O)C(F)(F)F)C1. The molecule has 0 spiro atoms. The van der Waals surface area contributed by atoms with E-state index in [4.69, 9.17) is 11.6 Å². The summed E-state index contributed by atoms with van der Waals surface area (Å²) in [6, 6.07) is 5.92. The van der Waals surface area contributed by atoms with E-state index in [1.807, 2.05) is 0 Å². The first-order valence-corrected chi connectivity index (χ1v) is 13.1. The molecule has 12 heteroatoms. The smallest absolute Gasteiger partial charge is 0.353 e. The fourth-order valence-electron chi connectivity index (χ4n) is 4.66. The van der Waals surface area contributed by atoms with E-state index >= 15 is 0 Å². The summed E-state index contributed by atoms with van der Waals surface area (Å²) in [6.45, 7) is 0.273. The Labute approximate surface area is 201 Å². The zero-order valence-electron chi connectivity index (χ0n) is 18.4. The summed E-state index contributed by atoms with van der Waals surface area (Å²) >= 11 is 6.11. The van der Waals surface area contributed by atoms with Crippen molar-refractivity contribution in [2.75, 3.05) is 23.3 Å². The number of carbonyl (C=O) groups excluding carboxylic acids is 1. The van der Waals surface area contributed by atoms with Crippen LogP contribution in [0.25, 0.3) is 10.9 Å². The molecular formula is C22H26ClF3N4O3S. The maximum atomic E-state index is 12.8. The molecule has 2 aromatic rings. The molecule has 2 fully saturated rings. The Morgan fingerprint density at radius 3 is 2.59 bits per heavy atom. The topological polar surface area (TPSA) is 91.4 Å². The average Bonchev–Trinajstić information content (AvgIpc) is 3.20. The number of benzene rings is 1. The quantitative estimate of drug-likeness (QED) is 0.572.